The number of aromatic nitrogens is 1. The first-order valence-electron chi connectivity index (χ1n) is 8.75. The second-order valence-electron chi connectivity index (χ2n) is 6.34. The van der Waals surface area contributed by atoms with Crippen molar-refractivity contribution < 1.29 is 9.53 Å². The Morgan fingerprint density at radius 3 is 3.04 bits per heavy atom. The maximum Gasteiger partial charge on any atom is 0.319 e. The molecule has 1 aromatic heterocycles. The number of nitrogens with one attached hydrogen (secondary N) is 2. The minimum absolute atomic E-state index is 0.166. The molecule has 2 aromatic rings. The summed E-state index contributed by atoms with van der Waals surface area (Å²) in [5, 5.41) is 6.80. The van der Waals surface area contributed by atoms with E-state index in [-0.39, 0.29) is 6.03 Å². The Morgan fingerprint density at radius 2 is 2.21 bits per heavy atom. The molecule has 128 valence electrons. The number of ether oxygens (including phenoxy) is 1. The van der Waals surface area contributed by atoms with Crippen molar-refractivity contribution in [3.63, 3.8) is 0 Å². The number of carbonyl (C=O) groups excluding carboxylic acids is 1. The summed E-state index contributed by atoms with van der Waals surface area (Å²) in [5.74, 6) is 0. The smallest absolute Gasteiger partial charge is 0.319 e. The zero-order valence-electron chi connectivity index (χ0n) is 14.2. The number of nitrogens with zero attached hydrogens (tertiary/aromatic N) is 1. The molecule has 5 heteroatoms. The average Bonchev–Trinajstić information content (AvgIpc) is 3.08. The van der Waals surface area contributed by atoms with Gasteiger partial charge in [0.1, 0.15) is 0 Å². The number of pyridine rings is 1. The molecule has 0 radical (unpaired) electrons. The second-order valence-corrected chi connectivity index (χ2v) is 6.34. The molecule has 1 aliphatic heterocycles. The van der Waals surface area contributed by atoms with Crippen LogP contribution in [0.3, 0.4) is 0 Å². The van der Waals surface area contributed by atoms with E-state index in [1.165, 1.54) is 12.8 Å². The Hall–Kier alpha value is -2.14. The molecular weight excluding hydrogens is 302 g/mol. The molecule has 5 nitrogen and oxygen atoms in total. The van der Waals surface area contributed by atoms with Gasteiger partial charge in [0.15, 0.2) is 0 Å². The van der Waals surface area contributed by atoms with Gasteiger partial charge in [0.2, 0.25) is 0 Å². The molecule has 0 spiro atoms. The molecule has 3 rings (SSSR count). The standard InChI is InChI=1S/C19H25N3O2/c1-14-10-11-16-17(21-14)8-4-9-18(16)22-19(23)20-12-3-2-6-15-7-5-13-24-15/h4,8-11,15H,2-3,5-7,12-13H2,1H3,(H2,20,22,23)/t15-/m1/s1. The molecule has 24 heavy (non-hydrogen) atoms. The maximum absolute atomic E-state index is 12.1. The fourth-order valence-electron chi connectivity index (χ4n) is 3.10. The van der Waals surface area contributed by atoms with E-state index in [1.807, 2.05) is 37.3 Å². The van der Waals surface area contributed by atoms with Gasteiger partial charge in [0.25, 0.3) is 0 Å². The van der Waals surface area contributed by atoms with Gasteiger partial charge < -0.3 is 15.4 Å². The highest BCUT2D eigenvalue weighted by molar-refractivity contribution is 6.00. The second kappa shape index (κ2) is 8.11. The number of urea groups is 1. The van der Waals surface area contributed by atoms with Crippen molar-refractivity contribution in [2.24, 2.45) is 0 Å². The predicted octanol–water partition coefficient (Wildman–Crippen LogP) is 4.01. The molecule has 0 unspecified atom stereocenters. The van der Waals surface area contributed by atoms with Gasteiger partial charge in [-0.15, -0.1) is 0 Å². The lowest BCUT2D eigenvalue weighted by Gasteiger charge is -2.11. The number of benzene rings is 1. The number of rotatable bonds is 6. The van der Waals surface area contributed by atoms with E-state index in [0.29, 0.717) is 12.6 Å². The lowest BCUT2D eigenvalue weighted by Crippen LogP contribution is -2.29. The van der Waals surface area contributed by atoms with Gasteiger partial charge in [-0.25, -0.2) is 4.79 Å². The molecule has 2 N–H and O–H groups in total. The molecule has 0 bridgehead atoms. The third-order valence-corrected chi connectivity index (χ3v) is 4.38. The Labute approximate surface area is 142 Å². The maximum atomic E-state index is 12.1. The third-order valence-electron chi connectivity index (χ3n) is 4.38. The number of unbranched alkanes of at least 4 members (excludes halogenated alkanes) is 1. The van der Waals surface area contributed by atoms with Gasteiger partial charge in [0, 0.05) is 24.2 Å². The van der Waals surface area contributed by atoms with E-state index >= 15 is 0 Å². The predicted molar refractivity (Wildman–Crippen MR) is 96.3 cm³/mol. The number of hydrogen-bond acceptors (Lipinski definition) is 3. The van der Waals surface area contributed by atoms with Gasteiger partial charge in [-0.1, -0.05) is 6.07 Å². The fourth-order valence-corrected chi connectivity index (χ4v) is 3.10. The topological polar surface area (TPSA) is 63.2 Å². The number of aryl methyl sites for hydroxylation is 1. The van der Waals surface area contributed by atoms with Crippen molar-refractivity contribution in [1.82, 2.24) is 10.3 Å². The van der Waals surface area contributed by atoms with Crippen LogP contribution in [0.4, 0.5) is 10.5 Å². The van der Waals surface area contributed by atoms with Crippen LogP contribution in [0.2, 0.25) is 0 Å². The number of amides is 2. The molecule has 1 fully saturated rings. The number of anilines is 1. The first kappa shape index (κ1) is 16.7. The Balaban J connectivity index is 1.45. The van der Waals surface area contributed by atoms with Crippen molar-refractivity contribution in [2.45, 2.75) is 45.1 Å². The summed E-state index contributed by atoms with van der Waals surface area (Å²) in [6.07, 6.45) is 5.96. The highest BCUT2D eigenvalue weighted by Gasteiger charge is 2.14. The summed E-state index contributed by atoms with van der Waals surface area (Å²) >= 11 is 0. The summed E-state index contributed by atoms with van der Waals surface area (Å²) in [4.78, 5) is 16.6. The fraction of sp³-hybridized carbons (Fsp3) is 0.474. The first-order valence-corrected chi connectivity index (χ1v) is 8.75. The molecule has 0 saturated carbocycles. The number of fused-ring (bicyclic) bond motifs is 1. The van der Waals surface area contributed by atoms with Crippen LogP contribution < -0.4 is 10.6 Å². The summed E-state index contributed by atoms with van der Waals surface area (Å²) in [5.41, 5.74) is 2.65. The lowest BCUT2D eigenvalue weighted by molar-refractivity contribution is 0.102. The molecule has 1 aromatic carbocycles. The van der Waals surface area contributed by atoms with Crippen molar-refractivity contribution in [3.8, 4) is 0 Å². The Bertz CT molecular complexity index is 696. The molecule has 1 aliphatic rings. The van der Waals surface area contributed by atoms with Gasteiger partial charge in [0.05, 0.1) is 17.3 Å². The van der Waals surface area contributed by atoms with E-state index in [1.54, 1.807) is 0 Å². The normalized spacial score (nSPS) is 17.1. The van der Waals surface area contributed by atoms with Crippen LogP contribution in [0.15, 0.2) is 30.3 Å². The Kier molecular flexibility index (Phi) is 5.64. The minimum Gasteiger partial charge on any atom is -0.378 e. The number of carbonyl (C=O) groups is 1. The quantitative estimate of drug-likeness (QED) is 0.788. The van der Waals surface area contributed by atoms with Crippen LogP contribution in [0.25, 0.3) is 10.9 Å². The molecule has 2 amide bonds. The zero-order valence-corrected chi connectivity index (χ0v) is 14.2. The van der Waals surface area contributed by atoms with E-state index in [4.69, 9.17) is 4.74 Å². The van der Waals surface area contributed by atoms with Crippen molar-refractivity contribution >= 4 is 22.6 Å². The molecule has 1 atom stereocenters. The SMILES string of the molecule is Cc1ccc2c(NC(=O)NCCCC[C@@H]3CCCO3)cccc2n1. The molecule has 2 heterocycles. The van der Waals surface area contributed by atoms with Crippen LogP contribution in [0.1, 0.15) is 37.8 Å². The van der Waals surface area contributed by atoms with Crippen LogP contribution in [-0.4, -0.2) is 30.3 Å². The van der Waals surface area contributed by atoms with E-state index in [0.717, 1.165) is 48.2 Å². The first-order chi connectivity index (χ1) is 11.7. The largest absolute Gasteiger partial charge is 0.378 e. The Morgan fingerprint density at radius 1 is 1.29 bits per heavy atom. The van der Waals surface area contributed by atoms with Crippen molar-refractivity contribution in [1.29, 1.82) is 0 Å². The summed E-state index contributed by atoms with van der Waals surface area (Å²) in [7, 11) is 0. The van der Waals surface area contributed by atoms with Crippen LogP contribution in [-0.2, 0) is 4.74 Å². The van der Waals surface area contributed by atoms with Gasteiger partial charge in [-0.2, -0.15) is 0 Å². The summed E-state index contributed by atoms with van der Waals surface area (Å²) in [6, 6.07) is 9.55. The van der Waals surface area contributed by atoms with Crippen LogP contribution >= 0.6 is 0 Å². The van der Waals surface area contributed by atoms with Gasteiger partial charge in [-0.05, 0) is 63.3 Å². The van der Waals surface area contributed by atoms with Gasteiger partial charge >= 0.3 is 6.03 Å². The average molecular weight is 327 g/mol. The highest BCUT2D eigenvalue weighted by Crippen LogP contribution is 2.22. The van der Waals surface area contributed by atoms with E-state index in [9.17, 15) is 4.79 Å². The summed E-state index contributed by atoms with van der Waals surface area (Å²) < 4.78 is 5.60. The molecular formula is C19H25N3O2. The van der Waals surface area contributed by atoms with Crippen LogP contribution in [0.5, 0.6) is 0 Å². The minimum atomic E-state index is -0.166. The van der Waals surface area contributed by atoms with E-state index in [2.05, 4.69) is 15.6 Å². The monoisotopic (exact) mass is 327 g/mol. The lowest BCUT2D eigenvalue weighted by atomic mass is 10.1. The highest BCUT2D eigenvalue weighted by atomic mass is 16.5. The van der Waals surface area contributed by atoms with E-state index < -0.39 is 0 Å². The van der Waals surface area contributed by atoms with Crippen molar-refractivity contribution in [2.75, 3.05) is 18.5 Å². The van der Waals surface area contributed by atoms with Gasteiger partial charge in [-0.3, -0.25) is 4.98 Å². The zero-order chi connectivity index (χ0) is 16.8. The molecule has 1 saturated heterocycles. The number of hydrogen-bond donors (Lipinski definition) is 2. The van der Waals surface area contributed by atoms with Crippen LogP contribution in [0, 0.1) is 6.92 Å². The third kappa shape index (κ3) is 4.45. The molecule has 0 aliphatic carbocycles. The summed E-state index contributed by atoms with van der Waals surface area (Å²) in [6.45, 7) is 3.55. The van der Waals surface area contributed by atoms with Crippen molar-refractivity contribution in [3.05, 3.63) is 36.0 Å².